The Bertz CT molecular complexity index is 704. The van der Waals surface area contributed by atoms with Crippen molar-refractivity contribution in [2.24, 2.45) is 0 Å². The second-order valence-corrected chi connectivity index (χ2v) is 6.47. The highest BCUT2D eigenvalue weighted by Gasteiger charge is 2.34. The molecule has 2 atom stereocenters. The van der Waals surface area contributed by atoms with Crippen LogP contribution >= 0.6 is 11.6 Å². The molecule has 0 radical (unpaired) electrons. The zero-order valence-electron chi connectivity index (χ0n) is 11.6. The number of fused-ring (bicyclic) bond motifs is 3. The van der Waals surface area contributed by atoms with Crippen molar-refractivity contribution < 1.29 is 0 Å². The molecule has 0 saturated carbocycles. The van der Waals surface area contributed by atoms with Gasteiger partial charge in [-0.25, -0.2) is 0 Å². The maximum atomic E-state index is 6.19. The van der Waals surface area contributed by atoms with Crippen LogP contribution in [0.3, 0.4) is 0 Å². The maximum absolute atomic E-state index is 6.19. The van der Waals surface area contributed by atoms with Crippen molar-refractivity contribution in [2.75, 3.05) is 7.05 Å². The summed E-state index contributed by atoms with van der Waals surface area (Å²) in [5.41, 5.74) is 2.87. The van der Waals surface area contributed by atoms with E-state index in [1.807, 2.05) is 6.07 Å². The number of hydrogen-bond acceptors (Lipinski definition) is 1. The van der Waals surface area contributed by atoms with Gasteiger partial charge in [0.1, 0.15) is 0 Å². The predicted molar refractivity (Wildman–Crippen MR) is 86.1 cm³/mol. The third-order valence-corrected chi connectivity index (χ3v) is 5.17. The van der Waals surface area contributed by atoms with Crippen LogP contribution in [0.1, 0.15) is 24.8 Å². The fourth-order valence-electron chi connectivity index (χ4n) is 3.77. The van der Waals surface area contributed by atoms with Crippen LogP contribution in [0.5, 0.6) is 0 Å². The summed E-state index contributed by atoms with van der Waals surface area (Å²) in [6.07, 6.45) is 6.26. The number of halogens is 1. The minimum atomic E-state index is 0.623. The van der Waals surface area contributed by atoms with Crippen molar-refractivity contribution in [3.8, 4) is 0 Å². The standard InChI is InChI=1S/C18H18ClN/c1-20-15-7-8-16(20)10-13(9-15)17-4-2-3-12-5-6-14(19)11-18(12)17/h2-6,9,11,15-16H,7-8,10H2,1H3. The van der Waals surface area contributed by atoms with Gasteiger partial charge in [-0.2, -0.15) is 0 Å². The molecule has 0 N–H and O–H groups in total. The lowest BCUT2D eigenvalue weighted by atomic mass is 9.91. The van der Waals surface area contributed by atoms with Crippen LogP contribution in [0.15, 0.2) is 42.5 Å². The van der Waals surface area contributed by atoms with Crippen molar-refractivity contribution in [3.05, 3.63) is 53.1 Å². The monoisotopic (exact) mass is 283 g/mol. The molecule has 0 aromatic heterocycles. The van der Waals surface area contributed by atoms with E-state index in [-0.39, 0.29) is 0 Å². The number of benzene rings is 2. The first-order valence-corrected chi connectivity index (χ1v) is 7.71. The third kappa shape index (κ3) is 1.88. The predicted octanol–water partition coefficient (Wildman–Crippen LogP) is 4.74. The molecule has 0 spiro atoms. The molecule has 0 amide bonds. The quantitative estimate of drug-likeness (QED) is 0.730. The molecule has 2 unspecified atom stereocenters. The van der Waals surface area contributed by atoms with Crippen molar-refractivity contribution in [2.45, 2.75) is 31.3 Å². The summed E-state index contributed by atoms with van der Waals surface area (Å²) in [6, 6.07) is 14.1. The molecule has 4 rings (SSSR count). The highest BCUT2D eigenvalue weighted by atomic mass is 35.5. The Labute approximate surface area is 124 Å². The van der Waals surface area contributed by atoms with Gasteiger partial charge in [0.15, 0.2) is 0 Å². The zero-order chi connectivity index (χ0) is 13.7. The zero-order valence-corrected chi connectivity index (χ0v) is 12.4. The molecule has 20 heavy (non-hydrogen) atoms. The Morgan fingerprint density at radius 3 is 2.90 bits per heavy atom. The molecule has 2 heteroatoms. The first kappa shape index (κ1) is 12.4. The molecule has 2 aliphatic heterocycles. The smallest absolute Gasteiger partial charge is 0.0412 e. The summed E-state index contributed by atoms with van der Waals surface area (Å²) < 4.78 is 0. The molecule has 2 aromatic rings. The van der Waals surface area contributed by atoms with Crippen LogP contribution < -0.4 is 0 Å². The highest BCUT2D eigenvalue weighted by Crippen LogP contribution is 2.39. The summed E-state index contributed by atoms with van der Waals surface area (Å²) >= 11 is 6.19. The summed E-state index contributed by atoms with van der Waals surface area (Å²) in [6.45, 7) is 0. The van der Waals surface area contributed by atoms with Gasteiger partial charge < -0.3 is 0 Å². The normalized spacial score (nSPS) is 26.0. The average molecular weight is 284 g/mol. The SMILES string of the molecule is CN1C2C=C(c3cccc4ccc(Cl)cc34)CC1CC2. The van der Waals surface area contributed by atoms with Gasteiger partial charge in [0.05, 0.1) is 0 Å². The van der Waals surface area contributed by atoms with E-state index >= 15 is 0 Å². The molecule has 2 heterocycles. The Morgan fingerprint density at radius 1 is 1.15 bits per heavy atom. The van der Waals surface area contributed by atoms with E-state index in [0.29, 0.717) is 6.04 Å². The van der Waals surface area contributed by atoms with E-state index in [9.17, 15) is 0 Å². The molecule has 2 aliphatic rings. The molecule has 2 aromatic carbocycles. The van der Waals surface area contributed by atoms with Crippen LogP contribution in [0.2, 0.25) is 5.02 Å². The van der Waals surface area contributed by atoms with Crippen LogP contribution in [0, 0.1) is 0 Å². The van der Waals surface area contributed by atoms with Gasteiger partial charge in [0.25, 0.3) is 0 Å². The van der Waals surface area contributed by atoms with Crippen LogP contribution in [0.25, 0.3) is 16.3 Å². The molecular formula is C18H18ClN. The van der Waals surface area contributed by atoms with Gasteiger partial charge in [-0.1, -0.05) is 41.9 Å². The minimum Gasteiger partial charge on any atom is -0.297 e. The Kier molecular flexibility index (Phi) is 2.87. The lowest BCUT2D eigenvalue weighted by molar-refractivity contribution is 0.264. The van der Waals surface area contributed by atoms with Crippen molar-refractivity contribution in [3.63, 3.8) is 0 Å². The van der Waals surface area contributed by atoms with E-state index in [0.717, 1.165) is 11.1 Å². The van der Waals surface area contributed by atoms with E-state index in [1.165, 1.54) is 41.2 Å². The van der Waals surface area contributed by atoms with Gasteiger partial charge >= 0.3 is 0 Å². The van der Waals surface area contributed by atoms with Crippen LogP contribution in [0.4, 0.5) is 0 Å². The van der Waals surface area contributed by atoms with Gasteiger partial charge in [-0.3, -0.25) is 4.90 Å². The number of hydrogen-bond donors (Lipinski definition) is 0. The van der Waals surface area contributed by atoms with Crippen molar-refractivity contribution in [1.29, 1.82) is 0 Å². The van der Waals surface area contributed by atoms with E-state index in [1.54, 1.807) is 0 Å². The first-order chi connectivity index (χ1) is 9.72. The number of nitrogens with zero attached hydrogens (tertiary/aromatic N) is 1. The number of likely N-dealkylation sites (N-methyl/N-ethyl adjacent to an activating group) is 1. The van der Waals surface area contributed by atoms with E-state index < -0.39 is 0 Å². The van der Waals surface area contributed by atoms with Crippen molar-refractivity contribution >= 4 is 27.9 Å². The summed E-state index contributed by atoms with van der Waals surface area (Å²) in [4.78, 5) is 2.53. The molecule has 0 aliphatic carbocycles. The molecule has 1 fully saturated rings. The summed E-state index contributed by atoms with van der Waals surface area (Å²) in [5, 5.41) is 3.38. The number of rotatable bonds is 1. The minimum absolute atomic E-state index is 0.623. The largest absolute Gasteiger partial charge is 0.297 e. The topological polar surface area (TPSA) is 3.24 Å². The highest BCUT2D eigenvalue weighted by molar-refractivity contribution is 6.31. The third-order valence-electron chi connectivity index (χ3n) is 4.93. The lowest BCUT2D eigenvalue weighted by Gasteiger charge is -2.30. The average Bonchev–Trinajstić information content (AvgIpc) is 2.68. The summed E-state index contributed by atoms with van der Waals surface area (Å²) in [7, 11) is 2.26. The Morgan fingerprint density at radius 2 is 2.05 bits per heavy atom. The second kappa shape index (κ2) is 4.61. The van der Waals surface area contributed by atoms with E-state index in [2.05, 4.69) is 48.4 Å². The molecular weight excluding hydrogens is 266 g/mol. The Balaban J connectivity index is 1.87. The summed E-state index contributed by atoms with van der Waals surface area (Å²) in [5.74, 6) is 0. The van der Waals surface area contributed by atoms with Crippen LogP contribution in [-0.4, -0.2) is 24.0 Å². The maximum Gasteiger partial charge on any atom is 0.0412 e. The van der Waals surface area contributed by atoms with Gasteiger partial charge in [0.2, 0.25) is 0 Å². The molecule has 1 saturated heterocycles. The lowest BCUT2D eigenvalue weighted by Crippen LogP contribution is -2.34. The van der Waals surface area contributed by atoms with Crippen LogP contribution in [-0.2, 0) is 0 Å². The molecule has 1 nitrogen and oxygen atoms in total. The second-order valence-electron chi connectivity index (χ2n) is 6.03. The van der Waals surface area contributed by atoms with Gasteiger partial charge in [-0.05, 0) is 60.4 Å². The fraction of sp³-hybridized carbons (Fsp3) is 0.333. The fourth-order valence-corrected chi connectivity index (χ4v) is 3.94. The first-order valence-electron chi connectivity index (χ1n) is 7.33. The van der Waals surface area contributed by atoms with Gasteiger partial charge in [-0.15, -0.1) is 0 Å². The van der Waals surface area contributed by atoms with Crippen molar-refractivity contribution in [1.82, 2.24) is 4.90 Å². The Hall–Kier alpha value is -1.31. The van der Waals surface area contributed by atoms with E-state index in [4.69, 9.17) is 11.6 Å². The molecule has 2 bridgehead atoms. The molecule has 102 valence electrons. The van der Waals surface area contributed by atoms with Gasteiger partial charge in [0, 0.05) is 17.1 Å².